The Morgan fingerprint density at radius 3 is 2.43 bits per heavy atom. The van der Waals surface area contributed by atoms with E-state index in [1.807, 2.05) is 17.4 Å². The zero-order valence-corrected chi connectivity index (χ0v) is 18.0. The van der Waals surface area contributed by atoms with Gasteiger partial charge < -0.3 is 19.3 Å². The second-order valence-electron chi connectivity index (χ2n) is 7.67. The Bertz CT molecular complexity index is 869. The molecule has 2 aliphatic rings. The molecular formula is C22H29N3O2S. The molecule has 0 spiro atoms. The Morgan fingerprint density at radius 2 is 1.71 bits per heavy atom. The number of hydrogen-bond donors (Lipinski definition) is 0. The van der Waals surface area contributed by atoms with Crippen LogP contribution in [0, 0.1) is 0 Å². The fourth-order valence-electron chi connectivity index (χ4n) is 3.94. The van der Waals surface area contributed by atoms with Crippen molar-refractivity contribution in [3.05, 3.63) is 51.3 Å². The zero-order valence-electron chi connectivity index (χ0n) is 17.2. The fourth-order valence-corrected chi connectivity index (χ4v) is 5.18. The molecule has 1 saturated heterocycles. The second kappa shape index (κ2) is 8.15. The number of benzene rings is 1. The highest BCUT2D eigenvalue weighted by molar-refractivity contribution is 7.13. The van der Waals surface area contributed by atoms with Gasteiger partial charge >= 0.3 is 0 Å². The number of fused-ring (bicyclic) bond motifs is 1. The van der Waals surface area contributed by atoms with Crippen LogP contribution >= 0.6 is 11.3 Å². The molecule has 0 atom stereocenters. The molecule has 1 fully saturated rings. The predicted molar refractivity (Wildman–Crippen MR) is 115 cm³/mol. The number of ether oxygens (including phenoxy) is 2. The summed E-state index contributed by atoms with van der Waals surface area (Å²) in [5.41, 5.74) is 3.85. The van der Waals surface area contributed by atoms with E-state index in [0.29, 0.717) is 0 Å². The molecule has 5 nitrogen and oxygen atoms in total. The second-order valence-corrected chi connectivity index (χ2v) is 8.81. The third-order valence-electron chi connectivity index (χ3n) is 5.54. The number of nitrogens with zero attached hydrogens (tertiary/aromatic N) is 3. The van der Waals surface area contributed by atoms with E-state index in [1.54, 1.807) is 14.2 Å². The fraction of sp³-hybridized carbons (Fsp3) is 0.455. The van der Waals surface area contributed by atoms with Gasteiger partial charge in [0.1, 0.15) is 0 Å². The average molecular weight is 400 g/mol. The van der Waals surface area contributed by atoms with Crippen LogP contribution in [0.1, 0.15) is 20.9 Å². The number of methoxy groups -OCH3 is 2. The van der Waals surface area contributed by atoms with Crippen LogP contribution in [-0.4, -0.2) is 69.2 Å². The maximum Gasteiger partial charge on any atom is 0.161 e. The lowest BCUT2D eigenvalue weighted by Gasteiger charge is -2.31. The molecule has 2 aliphatic heterocycles. The van der Waals surface area contributed by atoms with Crippen LogP contribution in [0.3, 0.4) is 0 Å². The summed E-state index contributed by atoms with van der Waals surface area (Å²) in [6, 6.07) is 8.59. The molecule has 0 aliphatic carbocycles. The highest BCUT2D eigenvalue weighted by Crippen LogP contribution is 2.40. The van der Waals surface area contributed by atoms with Crippen molar-refractivity contribution in [3.8, 4) is 11.5 Å². The lowest BCUT2D eigenvalue weighted by atomic mass is 9.99. The number of thiophene rings is 1. The minimum absolute atomic E-state index is 0.762. The first kappa shape index (κ1) is 19.3. The molecule has 28 heavy (non-hydrogen) atoms. The van der Waals surface area contributed by atoms with E-state index in [1.165, 1.54) is 26.5 Å². The SMILES string of the molecule is COc1ccc(C2=CN(C)Cc3cc(CN4CCN(C)CC4)sc32)cc1OC. The van der Waals surface area contributed by atoms with Gasteiger partial charge in [-0.25, -0.2) is 0 Å². The molecular weight excluding hydrogens is 370 g/mol. The van der Waals surface area contributed by atoms with Crippen LogP contribution in [0.25, 0.3) is 5.57 Å². The summed E-state index contributed by atoms with van der Waals surface area (Å²) in [6.45, 7) is 6.63. The molecule has 1 aromatic carbocycles. The lowest BCUT2D eigenvalue weighted by Crippen LogP contribution is -2.43. The maximum atomic E-state index is 5.52. The maximum absolute atomic E-state index is 5.52. The Kier molecular flexibility index (Phi) is 5.62. The van der Waals surface area contributed by atoms with E-state index in [9.17, 15) is 0 Å². The first-order valence-corrected chi connectivity index (χ1v) is 10.6. The van der Waals surface area contributed by atoms with Crippen molar-refractivity contribution in [3.63, 3.8) is 0 Å². The van der Waals surface area contributed by atoms with Gasteiger partial charge in [-0.1, -0.05) is 6.07 Å². The van der Waals surface area contributed by atoms with Gasteiger partial charge in [0, 0.05) is 67.8 Å². The monoisotopic (exact) mass is 399 g/mol. The summed E-state index contributed by atoms with van der Waals surface area (Å²) in [5, 5.41) is 0. The van der Waals surface area contributed by atoms with Crippen LogP contribution < -0.4 is 9.47 Å². The van der Waals surface area contributed by atoms with Crippen molar-refractivity contribution < 1.29 is 9.47 Å². The normalized spacial score (nSPS) is 18.0. The number of hydrogen-bond acceptors (Lipinski definition) is 6. The highest BCUT2D eigenvalue weighted by atomic mass is 32.1. The minimum Gasteiger partial charge on any atom is -0.493 e. The quantitative estimate of drug-likeness (QED) is 0.769. The molecule has 4 rings (SSSR count). The summed E-state index contributed by atoms with van der Waals surface area (Å²) >= 11 is 1.94. The topological polar surface area (TPSA) is 28.2 Å². The van der Waals surface area contributed by atoms with E-state index < -0.39 is 0 Å². The van der Waals surface area contributed by atoms with E-state index in [2.05, 4.69) is 53.2 Å². The molecule has 1 aromatic heterocycles. The van der Waals surface area contributed by atoms with Gasteiger partial charge in [0.15, 0.2) is 11.5 Å². The van der Waals surface area contributed by atoms with Crippen molar-refractivity contribution in [2.24, 2.45) is 0 Å². The molecule has 6 heteroatoms. The Hall–Kier alpha value is -2.02. The molecule has 0 amide bonds. The van der Waals surface area contributed by atoms with Crippen molar-refractivity contribution in [1.29, 1.82) is 0 Å². The lowest BCUT2D eigenvalue weighted by molar-refractivity contribution is 0.149. The van der Waals surface area contributed by atoms with Crippen LogP contribution in [0.2, 0.25) is 0 Å². The van der Waals surface area contributed by atoms with Crippen LogP contribution in [-0.2, 0) is 13.1 Å². The number of likely N-dealkylation sites (N-methyl/N-ethyl adjacent to an activating group) is 1. The van der Waals surface area contributed by atoms with Gasteiger partial charge in [-0.3, -0.25) is 4.90 Å². The van der Waals surface area contributed by atoms with Gasteiger partial charge in [-0.15, -0.1) is 11.3 Å². The largest absolute Gasteiger partial charge is 0.493 e. The van der Waals surface area contributed by atoms with E-state index >= 15 is 0 Å². The van der Waals surface area contributed by atoms with Crippen LogP contribution in [0.5, 0.6) is 11.5 Å². The Morgan fingerprint density at radius 1 is 0.964 bits per heavy atom. The van der Waals surface area contributed by atoms with E-state index in [0.717, 1.165) is 50.8 Å². The highest BCUT2D eigenvalue weighted by Gasteiger charge is 2.23. The predicted octanol–water partition coefficient (Wildman–Crippen LogP) is 3.35. The Labute approximate surface area is 171 Å². The van der Waals surface area contributed by atoms with Crippen molar-refractivity contribution in [2.45, 2.75) is 13.1 Å². The molecule has 2 aromatic rings. The van der Waals surface area contributed by atoms with Gasteiger partial charge in [0.05, 0.1) is 14.2 Å². The van der Waals surface area contributed by atoms with Gasteiger partial charge in [-0.05, 0) is 36.4 Å². The summed E-state index contributed by atoms with van der Waals surface area (Å²) in [6.07, 6.45) is 2.25. The number of piperazine rings is 1. The number of rotatable bonds is 5. The van der Waals surface area contributed by atoms with Gasteiger partial charge in [-0.2, -0.15) is 0 Å². The van der Waals surface area contributed by atoms with Crippen molar-refractivity contribution >= 4 is 16.9 Å². The van der Waals surface area contributed by atoms with Crippen LogP contribution in [0.15, 0.2) is 30.5 Å². The minimum atomic E-state index is 0.762. The van der Waals surface area contributed by atoms with Crippen molar-refractivity contribution in [1.82, 2.24) is 14.7 Å². The molecule has 0 radical (unpaired) electrons. The molecule has 0 saturated carbocycles. The summed E-state index contributed by atoms with van der Waals surface area (Å²) < 4.78 is 10.9. The van der Waals surface area contributed by atoms with E-state index in [-0.39, 0.29) is 0 Å². The Balaban J connectivity index is 1.61. The van der Waals surface area contributed by atoms with Crippen LogP contribution in [0.4, 0.5) is 0 Å². The molecule has 150 valence electrons. The molecule has 0 N–H and O–H groups in total. The first-order chi connectivity index (χ1) is 13.6. The zero-order chi connectivity index (χ0) is 19.7. The first-order valence-electron chi connectivity index (χ1n) is 9.74. The molecule has 0 unspecified atom stereocenters. The van der Waals surface area contributed by atoms with Crippen molar-refractivity contribution in [2.75, 3.05) is 54.5 Å². The third-order valence-corrected chi connectivity index (χ3v) is 6.74. The summed E-state index contributed by atoms with van der Waals surface area (Å²) in [4.78, 5) is 10.1. The average Bonchev–Trinajstić information content (AvgIpc) is 3.10. The van der Waals surface area contributed by atoms with Gasteiger partial charge in [0.25, 0.3) is 0 Å². The third kappa shape index (κ3) is 3.90. The summed E-state index contributed by atoms with van der Waals surface area (Å²) in [7, 11) is 7.71. The van der Waals surface area contributed by atoms with E-state index in [4.69, 9.17) is 9.47 Å². The summed E-state index contributed by atoms with van der Waals surface area (Å²) in [5.74, 6) is 1.53. The van der Waals surface area contributed by atoms with Gasteiger partial charge in [0.2, 0.25) is 0 Å². The standard InChI is InChI=1S/C22H29N3O2S/c1-23-7-9-25(10-8-23)14-18-11-17-13-24(2)15-19(22(17)28-18)16-5-6-20(26-3)21(12-16)27-4/h5-6,11-12,15H,7-10,13-14H2,1-4H3. The molecule has 3 heterocycles. The molecule has 0 bridgehead atoms. The smallest absolute Gasteiger partial charge is 0.161 e.